The average molecular weight is 404 g/mol. The topological polar surface area (TPSA) is 69.0 Å². The van der Waals surface area contributed by atoms with Gasteiger partial charge in [0.1, 0.15) is 11.4 Å². The second-order valence-corrected chi connectivity index (χ2v) is 7.77. The highest BCUT2D eigenvalue weighted by Crippen LogP contribution is 2.26. The quantitative estimate of drug-likeness (QED) is 0.761. The zero-order chi connectivity index (χ0) is 21.1. The van der Waals surface area contributed by atoms with Crippen molar-refractivity contribution >= 4 is 22.6 Å². The van der Waals surface area contributed by atoms with Crippen LogP contribution in [-0.2, 0) is 6.54 Å². The molecule has 3 rings (SSSR count). The van der Waals surface area contributed by atoms with Gasteiger partial charge < -0.3 is 19.5 Å². The summed E-state index contributed by atoms with van der Waals surface area (Å²) >= 11 is 0. The summed E-state index contributed by atoms with van der Waals surface area (Å²) in [5, 5.41) is 9.37. The summed E-state index contributed by atoms with van der Waals surface area (Å²) in [6.07, 6.45) is 2.45. The zero-order valence-electron chi connectivity index (χ0n) is 17.3. The molecular weight excluding hydrogens is 375 g/mol. The van der Waals surface area contributed by atoms with Gasteiger partial charge in [-0.15, -0.1) is 0 Å². The van der Waals surface area contributed by atoms with Gasteiger partial charge in [-0.2, -0.15) is 0 Å². The van der Waals surface area contributed by atoms with Crippen LogP contribution >= 0.6 is 0 Å². The molecule has 7 nitrogen and oxygen atoms in total. The summed E-state index contributed by atoms with van der Waals surface area (Å²) in [5.74, 6) is -1.78. The lowest BCUT2D eigenvalue weighted by Crippen LogP contribution is -2.47. The van der Waals surface area contributed by atoms with Crippen LogP contribution in [0.4, 0.5) is 10.1 Å². The predicted octanol–water partition coefficient (Wildman–Crippen LogP) is 1.93. The molecule has 1 fully saturated rings. The van der Waals surface area contributed by atoms with Gasteiger partial charge in [-0.3, -0.25) is 9.69 Å². The first-order chi connectivity index (χ1) is 13.8. The van der Waals surface area contributed by atoms with E-state index in [1.165, 1.54) is 12.3 Å². The molecule has 1 aromatic heterocycles. The summed E-state index contributed by atoms with van der Waals surface area (Å²) in [4.78, 5) is 30.4. The molecule has 29 heavy (non-hydrogen) atoms. The monoisotopic (exact) mass is 404 g/mol. The number of aromatic nitrogens is 1. The van der Waals surface area contributed by atoms with Crippen LogP contribution < -0.4 is 10.3 Å². The van der Waals surface area contributed by atoms with Crippen molar-refractivity contribution in [1.82, 2.24) is 14.4 Å². The normalized spacial score (nSPS) is 15.4. The number of anilines is 1. The van der Waals surface area contributed by atoms with Crippen molar-refractivity contribution in [3.63, 3.8) is 0 Å². The Bertz CT molecular complexity index is 949. The van der Waals surface area contributed by atoms with Crippen LogP contribution in [0.2, 0.25) is 0 Å². The molecule has 2 aromatic rings. The van der Waals surface area contributed by atoms with Crippen LogP contribution in [0.25, 0.3) is 10.9 Å². The van der Waals surface area contributed by atoms with Gasteiger partial charge in [0.05, 0.1) is 11.2 Å². The number of benzene rings is 1. The standard InChI is InChI=1S/C21H29FN4O3/c1-4-25-14-16(21(28)29)20(27)15-12-17(22)19(13-18(15)25)26-10-8-24(9-11-26)7-5-6-23(2)3/h12-14H,4-11H2,1-3H3,(H,28,29). The number of nitrogens with zero attached hydrogens (tertiary/aromatic N) is 4. The largest absolute Gasteiger partial charge is 0.477 e. The van der Waals surface area contributed by atoms with Crippen molar-refractivity contribution in [2.45, 2.75) is 19.9 Å². The Morgan fingerprint density at radius 2 is 1.90 bits per heavy atom. The number of hydrogen-bond acceptors (Lipinski definition) is 5. The summed E-state index contributed by atoms with van der Waals surface area (Å²) < 4.78 is 16.6. The minimum atomic E-state index is -1.30. The summed E-state index contributed by atoms with van der Waals surface area (Å²) in [7, 11) is 4.13. The SMILES string of the molecule is CCn1cc(C(=O)O)c(=O)c2cc(F)c(N3CCN(CCCN(C)C)CC3)cc21. The van der Waals surface area contributed by atoms with Gasteiger partial charge in [0.15, 0.2) is 0 Å². The van der Waals surface area contributed by atoms with E-state index >= 15 is 0 Å². The molecule has 1 N–H and O–H groups in total. The first-order valence-corrected chi connectivity index (χ1v) is 10.0. The van der Waals surface area contributed by atoms with Crippen LogP contribution in [0.1, 0.15) is 23.7 Å². The third-order valence-corrected chi connectivity index (χ3v) is 5.51. The second-order valence-electron chi connectivity index (χ2n) is 7.77. The predicted molar refractivity (Wildman–Crippen MR) is 113 cm³/mol. The molecule has 0 radical (unpaired) electrons. The second kappa shape index (κ2) is 8.92. The minimum absolute atomic E-state index is 0.107. The number of pyridine rings is 1. The van der Waals surface area contributed by atoms with Crippen LogP contribution in [0.5, 0.6) is 0 Å². The fraction of sp³-hybridized carbons (Fsp3) is 0.524. The molecule has 1 saturated heterocycles. The van der Waals surface area contributed by atoms with Gasteiger partial charge in [-0.25, -0.2) is 9.18 Å². The van der Waals surface area contributed by atoms with Crippen LogP contribution in [-0.4, -0.2) is 78.8 Å². The van der Waals surface area contributed by atoms with Crippen molar-refractivity contribution in [3.05, 3.63) is 39.9 Å². The Labute approximate surface area is 169 Å². The number of carbonyl (C=O) groups is 1. The summed E-state index contributed by atoms with van der Waals surface area (Å²) in [5.41, 5.74) is 0.0497. The number of aromatic carboxylic acids is 1. The van der Waals surface area contributed by atoms with Gasteiger partial charge >= 0.3 is 5.97 Å². The fourth-order valence-electron chi connectivity index (χ4n) is 3.88. The first kappa shape index (κ1) is 21.3. The smallest absolute Gasteiger partial charge is 0.341 e. The molecule has 158 valence electrons. The van der Waals surface area contributed by atoms with Crippen molar-refractivity contribution in [3.8, 4) is 0 Å². The van der Waals surface area contributed by atoms with E-state index in [2.05, 4.69) is 23.9 Å². The third kappa shape index (κ3) is 4.59. The van der Waals surface area contributed by atoms with E-state index < -0.39 is 17.2 Å². The summed E-state index contributed by atoms with van der Waals surface area (Å²) in [6, 6.07) is 2.87. The van der Waals surface area contributed by atoms with E-state index in [4.69, 9.17) is 0 Å². The molecule has 1 aliphatic heterocycles. The third-order valence-electron chi connectivity index (χ3n) is 5.51. The Morgan fingerprint density at radius 3 is 2.48 bits per heavy atom. The highest BCUT2D eigenvalue weighted by Gasteiger charge is 2.22. The highest BCUT2D eigenvalue weighted by atomic mass is 19.1. The molecule has 8 heteroatoms. The molecule has 0 spiro atoms. The van der Waals surface area contributed by atoms with Gasteiger partial charge in [-0.1, -0.05) is 0 Å². The highest BCUT2D eigenvalue weighted by molar-refractivity contribution is 5.93. The number of piperazine rings is 1. The molecule has 0 aliphatic carbocycles. The molecule has 1 aromatic carbocycles. The molecule has 0 bridgehead atoms. The number of carboxylic acids is 1. The minimum Gasteiger partial charge on any atom is -0.477 e. The van der Waals surface area contributed by atoms with E-state index in [-0.39, 0.29) is 10.9 Å². The van der Waals surface area contributed by atoms with Crippen molar-refractivity contribution in [2.24, 2.45) is 0 Å². The van der Waals surface area contributed by atoms with E-state index in [0.717, 1.165) is 32.6 Å². The maximum absolute atomic E-state index is 14.9. The van der Waals surface area contributed by atoms with Crippen molar-refractivity contribution < 1.29 is 14.3 Å². The number of fused-ring (bicyclic) bond motifs is 1. The lowest BCUT2D eigenvalue weighted by Gasteiger charge is -2.36. The van der Waals surface area contributed by atoms with Crippen molar-refractivity contribution in [2.75, 3.05) is 58.3 Å². The van der Waals surface area contributed by atoms with Gasteiger partial charge in [0.25, 0.3) is 0 Å². The maximum Gasteiger partial charge on any atom is 0.341 e. The number of carboxylic acid groups (broad SMARTS) is 1. The number of hydrogen-bond donors (Lipinski definition) is 1. The molecule has 2 heterocycles. The van der Waals surface area contributed by atoms with Crippen LogP contribution in [0, 0.1) is 5.82 Å². The molecule has 0 saturated carbocycles. The Hall–Kier alpha value is -2.45. The van der Waals surface area contributed by atoms with Crippen LogP contribution in [0.15, 0.2) is 23.1 Å². The number of halogens is 1. The van der Waals surface area contributed by atoms with E-state index in [1.54, 1.807) is 10.6 Å². The van der Waals surface area contributed by atoms with Crippen molar-refractivity contribution in [1.29, 1.82) is 0 Å². The number of aryl methyl sites for hydroxylation is 1. The Kier molecular flexibility index (Phi) is 6.54. The number of rotatable bonds is 7. The fourth-order valence-corrected chi connectivity index (χ4v) is 3.88. The Morgan fingerprint density at radius 1 is 1.21 bits per heavy atom. The molecule has 0 amide bonds. The lowest BCUT2D eigenvalue weighted by atomic mass is 10.1. The van der Waals surface area contributed by atoms with E-state index in [9.17, 15) is 19.1 Å². The molecule has 0 unspecified atom stereocenters. The van der Waals surface area contributed by atoms with Crippen LogP contribution in [0.3, 0.4) is 0 Å². The van der Waals surface area contributed by atoms with E-state index in [0.29, 0.717) is 30.8 Å². The average Bonchev–Trinajstić information content (AvgIpc) is 2.68. The molecule has 1 aliphatic rings. The van der Waals surface area contributed by atoms with Gasteiger partial charge in [-0.05, 0) is 52.7 Å². The summed E-state index contributed by atoms with van der Waals surface area (Å²) in [6.45, 7) is 7.59. The van der Waals surface area contributed by atoms with Gasteiger partial charge in [0.2, 0.25) is 5.43 Å². The van der Waals surface area contributed by atoms with Gasteiger partial charge in [0, 0.05) is 44.3 Å². The molecule has 0 atom stereocenters. The Balaban J connectivity index is 1.84. The first-order valence-electron chi connectivity index (χ1n) is 10.0. The van der Waals surface area contributed by atoms with E-state index in [1.807, 2.05) is 11.8 Å². The molecular formula is C21H29FN4O3. The zero-order valence-corrected chi connectivity index (χ0v) is 17.3. The maximum atomic E-state index is 14.9. The lowest BCUT2D eigenvalue weighted by molar-refractivity contribution is 0.0695.